The van der Waals surface area contributed by atoms with Crippen molar-refractivity contribution in [3.63, 3.8) is 0 Å². The Balaban J connectivity index is 1.79. The molecule has 5 rings (SSSR count). The molecule has 2 heterocycles. The normalized spacial score (nSPS) is 29.2. The quantitative estimate of drug-likeness (QED) is 0.602. The molecule has 1 fully saturated rings. The molecular weight excluding hydrogens is 443 g/mol. The number of hydrogen-bond acceptors (Lipinski definition) is 2. The van der Waals surface area contributed by atoms with Gasteiger partial charge in [-0.1, -0.05) is 65.2 Å². The van der Waals surface area contributed by atoms with Crippen molar-refractivity contribution in [1.29, 1.82) is 0 Å². The molecule has 2 aromatic rings. The van der Waals surface area contributed by atoms with Crippen LogP contribution in [0.5, 0.6) is 0 Å². The molecule has 2 unspecified atom stereocenters. The van der Waals surface area contributed by atoms with Gasteiger partial charge in [-0.15, -0.1) is 0 Å². The molecule has 2 N–H and O–H groups in total. The number of carbonyl (C=O) groups is 2. The Morgan fingerprint density at radius 1 is 1.06 bits per heavy atom. The monoisotopic (exact) mass is 466 g/mol. The second-order valence-electron chi connectivity index (χ2n) is 8.92. The minimum atomic E-state index is -0.936. The van der Waals surface area contributed by atoms with Crippen molar-refractivity contribution in [3.8, 4) is 0 Å². The highest BCUT2D eigenvalue weighted by Crippen LogP contribution is 2.57. The maximum atomic E-state index is 14.0. The minimum absolute atomic E-state index is 0.0310. The molecule has 0 saturated carbocycles. The SMILES string of the molecule is CC1=CC=CCC1[C@H]1CC(=O)NCC(c2cccc(Cl)c2)[C@]12C(=O)Nc1cc(Cl)ccc12. The Bertz CT molecular complexity index is 1170. The number of nitrogens with one attached hydrogen (secondary N) is 2. The predicted molar refractivity (Wildman–Crippen MR) is 128 cm³/mol. The lowest BCUT2D eigenvalue weighted by Gasteiger charge is -2.44. The van der Waals surface area contributed by atoms with E-state index in [9.17, 15) is 9.59 Å². The average molecular weight is 467 g/mol. The highest BCUT2D eigenvalue weighted by Gasteiger charge is 2.60. The highest BCUT2D eigenvalue weighted by atomic mass is 35.5. The van der Waals surface area contributed by atoms with E-state index >= 15 is 0 Å². The third-order valence-corrected chi connectivity index (χ3v) is 7.77. The van der Waals surface area contributed by atoms with E-state index in [1.807, 2.05) is 42.5 Å². The molecule has 164 valence electrons. The fraction of sp³-hybridized carbons (Fsp3) is 0.308. The van der Waals surface area contributed by atoms with Crippen molar-refractivity contribution in [2.75, 3.05) is 11.9 Å². The van der Waals surface area contributed by atoms with Crippen molar-refractivity contribution < 1.29 is 9.59 Å². The van der Waals surface area contributed by atoms with Gasteiger partial charge in [-0.05, 0) is 60.6 Å². The fourth-order valence-corrected chi connectivity index (χ4v) is 6.28. The Morgan fingerprint density at radius 2 is 1.88 bits per heavy atom. The average Bonchev–Trinajstić information content (AvgIpc) is 2.94. The van der Waals surface area contributed by atoms with E-state index in [0.29, 0.717) is 16.6 Å². The van der Waals surface area contributed by atoms with Gasteiger partial charge in [0.1, 0.15) is 0 Å². The third kappa shape index (κ3) is 3.28. The molecule has 32 heavy (non-hydrogen) atoms. The smallest absolute Gasteiger partial charge is 0.236 e. The topological polar surface area (TPSA) is 58.2 Å². The summed E-state index contributed by atoms with van der Waals surface area (Å²) in [6.45, 7) is 2.45. The number of amides is 2. The van der Waals surface area contributed by atoms with Crippen LogP contribution in [0, 0.1) is 11.8 Å². The second kappa shape index (κ2) is 8.09. The Labute approximate surface area is 197 Å². The van der Waals surface area contributed by atoms with Gasteiger partial charge in [-0.25, -0.2) is 0 Å². The number of halogens is 2. The van der Waals surface area contributed by atoms with Gasteiger partial charge < -0.3 is 10.6 Å². The van der Waals surface area contributed by atoms with Crippen LogP contribution in [0.15, 0.2) is 66.3 Å². The molecule has 2 amide bonds. The molecule has 1 saturated heterocycles. The maximum absolute atomic E-state index is 14.0. The molecule has 4 nitrogen and oxygen atoms in total. The van der Waals surface area contributed by atoms with E-state index in [-0.39, 0.29) is 36.0 Å². The Hall–Kier alpha value is -2.56. The lowest BCUT2D eigenvalue weighted by molar-refractivity contribution is -0.125. The fourth-order valence-electron chi connectivity index (χ4n) is 5.91. The number of carbonyl (C=O) groups excluding carboxylic acids is 2. The number of allylic oxidation sites excluding steroid dienone is 4. The van der Waals surface area contributed by atoms with E-state index in [2.05, 4.69) is 29.7 Å². The van der Waals surface area contributed by atoms with Crippen molar-refractivity contribution in [3.05, 3.63) is 87.4 Å². The third-order valence-electron chi connectivity index (χ3n) is 7.30. The van der Waals surface area contributed by atoms with Crippen LogP contribution in [-0.4, -0.2) is 18.4 Å². The second-order valence-corrected chi connectivity index (χ2v) is 9.79. The zero-order valence-electron chi connectivity index (χ0n) is 17.7. The first kappa shape index (κ1) is 21.3. The summed E-state index contributed by atoms with van der Waals surface area (Å²) in [5.41, 5.74) is 2.82. The molecule has 2 aromatic carbocycles. The summed E-state index contributed by atoms with van der Waals surface area (Å²) in [7, 11) is 0. The predicted octanol–water partition coefficient (Wildman–Crippen LogP) is 5.63. The molecule has 0 bridgehead atoms. The Morgan fingerprint density at radius 3 is 2.66 bits per heavy atom. The van der Waals surface area contributed by atoms with Crippen molar-refractivity contribution in [2.24, 2.45) is 11.8 Å². The largest absolute Gasteiger partial charge is 0.355 e. The van der Waals surface area contributed by atoms with Crippen LogP contribution >= 0.6 is 23.2 Å². The summed E-state index contributed by atoms with van der Waals surface area (Å²) in [6.07, 6.45) is 7.33. The van der Waals surface area contributed by atoms with Gasteiger partial charge >= 0.3 is 0 Å². The summed E-state index contributed by atoms with van der Waals surface area (Å²) >= 11 is 12.7. The van der Waals surface area contributed by atoms with Gasteiger partial charge in [-0.2, -0.15) is 0 Å². The van der Waals surface area contributed by atoms with Crippen LogP contribution in [-0.2, 0) is 15.0 Å². The zero-order chi connectivity index (χ0) is 22.5. The summed E-state index contributed by atoms with van der Waals surface area (Å²) in [5.74, 6) is -0.547. The van der Waals surface area contributed by atoms with Crippen molar-refractivity contribution in [1.82, 2.24) is 5.32 Å². The number of anilines is 1. The number of fused-ring (bicyclic) bond motifs is 2. The van der Waals surface area contributed by atoms with Gasteiger partial charge in [0.15, 0.2) is 0 Å². The summed E-state index contributed by atoms with van der Waals surface area (Å²) in [5, 5.41) is 7.37. The first-order valence-electron chi connectivity index (χ1n) is 10.9. The highest BCUT2D eigenvalue weighted by molar-refractivity contribution is 6.31. The molecule has 1 spiro atoms. The molecule has 6 heteroatoms. The standard InChI is InChI=1S/C26H24Cl2N2O2/c1-15-5-2-3-8-19(15)21-13-24(31)29-14-22(16-6-4-7-17(27)11-16)26(21)20-10-9-18(28)12-23(20)30-25(26)32/h2-7,9-12,19,21-22H,8,13-14H2,1H3,(H,29,31)(H,30,32)/t19?,21-,22?,26-/m1/s1. The van der Waals surface area contributed by atoms with E-state index in [1.54, 1.807) is 6.07 Å². The van der Waals surface area contributed by atoms with Crippen molar-refractivity contribution >= 4 is 40.7 Å². The zero-order valence-corrected chi connectivity index (χ0v) is 19.2. The Kier molecular flexibility index (Phi) is 5.39. The van der Waals surface area contributed by atoms with E-state index in [1.165, 1.54) is 5.57 Å². The molecule has 2 aliphatic heterocycles. The van der Waals surface area contributed by atoms with Crippen LogP contribution < -0.4 is 10.6 Å². The van der Waals surface area contributed by atoms with Crippen LogP contribution in [0.2, 0.25) is 10.0 Å². The number of hydrogen-bond donors (Lipinski definition) is 2. The number of rotatable bonds is 2. The summed E-state index contributed by atoms with van der Waals surface area (Å²) < 4.78 is 0. The molecule has 3 aliphatic rings. The van der Waals surface area contributed by atoms with E-state index < -0.39 is 5.41 Å². The minimum Gasteiger partial charge on any atom is -0.355 e. The lowest BCUT2D eigenvalue weighted by atomic mass is 9.56. The maximum Gasteiger partial charge on any atom is 0.236 e. The lowest BCUT2D eigenvalue weighted by Crippen LogP contribution is -2.50. The van der Waals surface area contributed by atoms with Gasteiger partial charge in [-0.3, -0.25) is 9.59 Å². The molecule has 4 atom stereocenters. The van der Waals surface area contributed by atoms with Gasteiger partial charge in [0.25, 0.3) is 0 Å². The molecular formula is C26H24Cl2N2O2. The molecule has 0 aromatic heterocycles. The van der Waals surface area contributed by atoms with Crippen LogP contribution in [0.4, 0.5) is 5.69 Å². The number of benzene rings is 2. The summed E-state index contributed by atoms with van der Waals surface area (Å²) in [4.78, 5) is 27.0. The molecule has 0 radical (unpaired) electrons. The summed E-state index contributed by atoms with van der Waals surface area (Å²) in [6, 6.07) is 13.2. The van der Waals surface area contributed by atoms with Gasteiger partial charge in [0.2, 0.25) is 11.8 Å². The first-order chi connectivity index (χ1) is 15.4. The van der Waals surface area contributed by atoms with Crippen LogP contribution in [0.25, 0.3) is 0 Å². The van der Waals surface area contributed by atoms with Crippen LogP contribution in [0.1, 0.15) is 36.8 Å². The molecule has 1 aliphatic carbocycles. The van der Waals surface area contributed by atoms with E-state index in [4.69, 9.17) is 23.2 Å². The first-order valence-corrected chi connectivity index (χ1v) is 11.6. The van der Waals surface area contributed by atoms with E-state index in [0.717, 1.165) is 23.2 Å². The van der Waals surface area contributed by atoms with Crippen LogP contribution in [0.3, 0.4) is 0 Å². The van der Waals surface area contributed by atoms with Gasteiger partial charge in [0, 0.05) is 34.6 Å². The van der Waals surface area contributed by atoms with Gasteiger partial charge in [0.05, 0.1) is 5.41 Å². The van der Waals surface area contributed by atoms with Crippen molar-refractivity contribution in [2.45, 2.75) is 31.1 Å².